The van der Waals surface area contributed by atoms with E-state index in [0.29, 0.717) is 0 Å². The highest BCUT2D eigenvalue weighted by atomic mass is 14.7. The van der Waals surface area contributed by atoms with Crippen LogP contribution in [0.3, 0.4) is 0 Å². The van der Waals surface area contributed by atoms with E-state index in [-0.39, 0.29) is 0 Å². The highest BCUT2D eigenvalue weighted by molar-refractivity contribution is 5.20. The maximum Gasteiger partial charge on any atom is 0.0378 e. The Morgan fingerprint density at radius 3 is 1.62 bits per heavy atom. The zero-order chi connectivity index (χ0) is 13.0. The Kier molecular flexibility index (Phi) is 13.4. The first-order valence-corrected chi connectivity index (χ1v) is 6.58. The van der Waals surface area contributed by atoms with Crippen molar-refractivity contribution in [2.45, 2.75) is 67.7 Å². The standard InChI is InChI=1S/C10H15N.C3H8.C2H6/c1-4-5-10-6-8(2)11-9(3)7-10;1-3-2;1-2/h6-7H,4-5H2,1-3H3;3H2,1-2H3;1-2H3. The Bertz CT molecular complexity index is 233. The van der Waals surface area contributed by atoms with Crippen LogP contribution < -0.4 is 0 Å². The number of rotatable bonds is 2. The van der Waals surface area contributed by atoms with E-state index in [9.17, 15) is 0 Å². The summed E-state index contributed by atoms with van der Waals surface area (Å²) in [4.78, 5) is 4.32. The number of aryl methyl sites for hydroxylation is 3. The maximum absolute atomic E-state index is 4.32. The van der Waals surface area contributed by atoms with Gasteiger partial charge in [0.15, 0.2) is 0 Å². The van der Waals surface area contributed by atoms with E-state index >= 15 is 0 Å². The van der Waals surface area contributed by atoms with E-state index < -0.39 is 0 Å². The van der Waals surface area contributed by atoms with E-state index in [1.165, 1.54) is 24.8 Å². The quantitative estimate of drug-likeness (QED) is 0.680. The fourth-order valence-corrected chi connectivity index (χ4v) is 1.35. The second-order valence-electron chi connectivity index (χ2n) is 3.72. The Hall–Kier alpha value is -0.850. The third kappa shape index (κ3) is 9.70. The van der Waals surface area contributed by atoms with Gasteiger partial charge in [0.25, 0.3) is 0 Å². The lowest BCUT2D eigenvalue weighted by molar-refractivity contribution is 0.909. The van der Waals surface area contributed by atoms with Crippen LogP contribution in [0.1, 0.15) is 64.4 Å². The van der Waals surface area contributed by atoms with Crippen LogP contribution >= 0.6 is 0 Å². The van der Waals surface area contributed by atoms with Gasteiger partial charge in [-0.05, 0) is 38.0 Å². The number of hydrogen-bond acceptors (Lipinski definition) is 1. The molecule has 0 aromatic carbocycles. The average Bonchev–Trinajstić information content (AvgIpc) is 2.20. The van der Waals surface area contributed by atoms with Gasteiger partial charge in [-0.25, -0.2) is 0 Å². The van der Waals surface area contributed by atoms with Crippen molar-refractivity contribution in [3.8, 4) is 0 Å². The smallest absolute Gasteiger partial charge is 0.0378 e. The summed E-state index contributed by atoms with van der Waals surface area (Å²) in [5, 5.41) is 0. The van der Waals surface area contributed by atoms with Crippen LogP contribution in [0.25, 0.3) is 0 Å². The molecule has 0 aliphatic carbocycles. The second kappa shape index (κ2) is 12.2. The van der Waals surface area contributed by atoms with E-state index in [1.54, 1.807) is 0 Å². The van der Waals surface area contributed by atoms with Gasteiger partial charge in [-0.2, -0.15) is 0 Å². The summed E-state index contributed by atoms with van der Waals surface area (Å²) in [6.45, 7) is 14.5. The first kappa shape index (κ1) is 17.5. The molecular weight excluding hydrogens is 194 g/mol. The van der Waals surface area contributed by atoms with Crippen molar-refractivity contribution in [3.05, 3.63) is 29.1 Å². The summed E-state index contributed by atoms with van der Waals surface area (Å²) in [6, 6.07) is 4.33. The topological polar surface area (TPSA) is 12.9 Å². The predicted octanol–water partition coefficient (Wildman–Crippen LogP) is 5.09. The Morgan fingerprint density at radius 1 is 0.938 bits per heavy atom. The lowest BCUT2D eigenvalue weighted by Gasteiger charge is -2.01. The molecule has 0 unspecified atom stereocenters. The highest BCUT2D eigenvalue weighted by Gasteiger charge is 1.94. The number of hydrogen-bond donors (Lipinski definition) is 0. The van der Waals surface area contributed by atoms with Crippen molar-refractivity contribution in [3.63, 3.8) is 0 Å². The van der Waals surface area contributed by atoms with Crippen molar-refractivity contribution in [1.29, 1.82) is 0 Å². The van der Waals surface area contributed by atoms with E-state index in [0.717, 1.165) is 11.4 Å². The summed E-state index contributed by atoms with van der Waals surface area (Å²) >= 11 is 0. The summed E-state index contributed by atoms with van der Waals surface area (Å²) in [5.74, 6) is 0. The molecule has 0 bridgehead atoms. The SMILES string of the molecule is CC.CCC.CCCc1cc(C)nc(C)c1. The fourth-order valence-electron chi connectivity index (χ4n) is 1.35. The molecule has 0 aliphatic rings. The molecule has 1 heteroatoms. The van der Waals surface area contributed by atoms with Crippen molar-refractivity contribution >= 4 is 0 Å². The molecule has 0 fully saturated rings. The van der Waals surface area contributed by atoms with Crippen LogP contribution in [-0.2, 0) is 6.42 Å². The summed E-state index contributed by atoms with van der Waals surface area (Å²) in [6.07, 6.45) is 3.63. The molecule has 0 radical (unpaired) electrons. The summed E-state index contributed by atoms with van der Waals surface area (Å²) in [5.41, 5.74) is 3.68. The van der Waals surface area contributed by atoms with Crippen molar-refractivity contribution in [2.75, 3.05) is 0 Å². The van der Waals surface area contributed by atoms with Gasteiger partial charge in [0.2, 0.25) is 0 Å². The van der Waals surface area contributed by atoms with Gasteiger partial charge in [-0.3, -0.25) is 4.98 Å². The molecule has 1 aromatic heterocycles. The molecular formula is C15H29N. The minimum absolute atomic E-state index is 1.13. The van der Waals surface area contributed by atoms with Gasteiger partial charge < -0.3 is 0 Å². The molecule has 94 valence electrons. The molecule has 0 saturated carbocycles. The highest BCUT2D eigenvalue weighted by Crippen LogP contribution is 2.06. The third-order valence-corrected chi connectivity index (χ3v) is 1.68. The lowest BCUT2D eigenvalue weighted by atomic mass is 10.1. The molecule has 16 heavy (non-hydrogen) atoms. The fraction of sp³-hybridized carbons (Fsp3) is 0.667. The van der Waals surface area contributed by atoms with Crippen molar-refractivity contribution in [1.82, 2.24) is 4.98 Å². The average molecular weight is 223 g/mol. The zero-order valence-electron chi connectivity index (χ0n) is 12.2. The van der Waals surface area contributed by atoms with Gasteiger partial charge >= 0.3 is 0 Å². The van der Waals surface area contributed by atoms with Crippen LogP contribution in [-0.4, -0.2) is 4.98 Å². The molecule has 1 aromatic rings. The predicted molar refractivity (Wildman–Crippen MR) is 75.0 cm³/mol. The number of aromatic nitrogens is 1. The second-order valence-corrected chi connectivity index (χ2v) is 3.72. The van der Waals surface area contributed by atoms with E-state index in [2.05, 4.69) is 37.9 Å². The first-order valence-electron chi connectivity index (χ1n) is 6.58. The number of nitrogens with zero attached hydrogens (tertiary/aromatic N) is 1. The molecule has 0 spiro atoms. The minimum atomic E-state index is 1.13. The molecule has 0 atom stereocenters. The van der Waals surface area contributed by atoms with Crippen molar-refractivity contribution in [2.24, 2.45) is 0 Å². The monoisotopic (exact) mass is 223 g/mol. The van der Waals surface area contributed by atoms with E-state index in [4.69, 9.17) is 0 Å². The maximum atomic E-state index is 4.32. The van der Waals surface area contributed by atoms with Gasteiger partial charge in [-0.15, -0.1) is 0 Å². The van der Waals surface area contributed by atoms with Gasteiger partial charge in [-0.1, -0.05) is 47.5 Å². The molecule has 0 amide bonds. The Labute approximate surface area is 102 Å². The van der Waals surface area contributed by atoms with Gasteiger partial charge in [0.05, 0.1) is 0 Å². The summed E-state index contributed by atoms with van der Waals surface area (Å²) in [7, 11) is 0. The minimum Gasteiger partial charge on any atom is -0.258 e. The molecule has 1 nitrogen and oxygen atoms in total. The van der Waals surface area contributed by atoms with Gasteiger partial charge in [0.1, 0.15) is 0 Å². The molecule has 1 heterocycles. The molecule has 1 rings (SSSR count). The van der Waals surface area contributed by atoms with Crippen LogP contribution in [0.2, 0.25) is 0 Å². The normalized spacial score (nSPS) is 8.44. The first-order chi connectivity index (χ1) is 7.63. The van der Waals surface area contributed by atoms with Gasteiger partial charge in [0, 0.05) is 11.4 Å². The van der Waals surface area contributed by atoms with Crippen molar-refractivity contribution < 1.29 is 0 Å². The van der Waals surface area contributed by atoms with Crippen LogP contribution in [0.5, 0.6) is 0 Å². The van der Waals surface area contributed by atoms with E-state index in [1.807, 2.05) is 27.7 Å². The zero-order valence-corrected chi connectivity index (χ0v) is 12.2. The van der Waals surface area contributed by atoms with Crippen LogP contribution in [0.15, 0.2) is 12.1 Å². The van der Waals surface area contributed by atoms with Crippen LogP contribution in [0, 0.1) is 13.8 Å². The molecule has 0 aliphatic heterocycles. The summed E-state index contributed by atoms with van der Waals surface area (Å²) < 4.78 is 0. The largest absolute Gasteiger partial charge is 0.258 e. The molecule has 0 saturated heterocycles. The van der Waals surface area contributed by atoms with Crippen LogP contribution in [0.4, 0.5) is 0 Å². The Balaban J connectivity index is 0. The number of pyridine rings is 1. The molecule has 0 N–H and O–H groups in total. The lowest BCUT2D eigenvalue weighted by Crippen LogP contribution is -1.90. The Morgan fingerprint density at radius 2 is 1.31 bits per heavy atom. The third-order valence-electron chi connectivity index (χ3n) is 1.68.